The number of carbonyl (C=O) groups is 1. The molecule has 0 spiro atoms. The van der Waals surface area contributed by atoms with Crippen molar-refractivity contribution in [3.63, 3.8) is 0 Å². The Bertz CT molecular complexity index is 878. The number of para-hydroxylation sites is 1. The van der Waals surface area contributed by atoms with Crippen molar-refractivity contribution < 1.29 is 9.53 Å². The van der Waals surface area contributed by atoms with Gasteiger partial charge in [0, 0.05) is 38.3 Å². The fourth-order valence-corrected chi connectivity index (χ4v) is 3.13. The average molecular weight is 439 g/mol. The highest BCUT2D eigenvalue weighted by molar-refractivity contribution is 5.94. The van der Waals surface area contributed by atoms with Crippen LogP contribution in [0.15, 0.2) is 53.5 Å². The Hall–Kier alpha value is -3.02. The summed E-state index contributed by atoms with van der Waals surface area (Å²) < 4.78 is 5.99. The average Bonchev–Trinajstić information content (AvgIpc) is 2.77. The van der Waals surface area contributed by atoms with Crippen molar-refractivity contribution in [3.05, 3.63) is 65.2 Å². The summed E-state index contributed by atoms with van der Waals surface area (Å²) in [7, 11) is 3.53. The minimum absolute atomic E-state index is 0.0176. The van der Waals surface area contributed by atoms with Crippen LogP contribution in [0.2, 0.25) is 0 Å². The van der Waals surface area contributed by atoms with E-state index in [0.29, 0.717) is 24.6 Å². The number of hydrogen-bond acceptors (Lipinski definition) is 3. The molecule has 0 bridgehead atoms. The van der Waals surface area contributed by atoms with Gasteiger partial charge in [0.15, 0.2) is 5.96 Å². The van der Waals surface area contributed by atoms with Crippen molar-refractivity contribution in [2.75, 3.05) is 33.8 Å². The van der Waals surface area contributed by atoms with E-state index in [0.717, 1.165) is 48.8 Å². The SMILES string of the molecule is CCNC(=NCc1ccccc1OCCC(C)C)NCCc1cccc(C(=O)N(C)C)c1. The Kier molecular flexibility index (Phi) is 10.6. The molecular formula is C26H38N4O2. The van der Waals surface area contributed by atoms with Gasteiger partial charge in [-0.15, -0.1) is 0 Å². The molecule has 0 aliphatic rings. The normalized spacial score (nSPS) is 11.4. The minimum atomic E-state index is 0.0176. The molecule has 6 heteroatoms. The molecule has 174 valence electrons. The maximum Gasteiger partial charge on any atom is 0.253 e. The number of benzene rings is 2. The number of carbonyl (C=O) groups excluding carboxylic acids is 1. The minimum Gasteiger partial charge on any atom is -0.493 e. The first kappa shape index (κ1) is 25.2. The number of aliphatic imine (C=N–C) groups is 1. The van der Waals surface area contributed by atoms with Gasteiger partial charge in [-0.3, -0.25) is 4.79 Å². The summed E-state index contributed by atoms with van der Waals surface area (Å²) in [6.45, 7) is 9.21. The van der Waals surface area contributed by atoms with Crippen LogP contribution in [-0.2, 0) is 13.0 Å². The Labute approximate surface area is 193 Å². The molecule has 0 saturated carbocycles. The van der Waals surface area contributed by atoms with E-state index in [4.69, 9.17) is 9.73 Å². The van der Waals surface area contributed by atoms with E-state index in [1.165, 1.54) is 0 Å². The lowest BCUT2D eigenvalue weighted by Crippen LogP contribution is -2.38. The van der Waals surface area contributed by atoms with Crippen LogP contribution in [0.1, 0.15) is 48.7 Å². The third-order valence-electron chi connectivity index (χ3n) is 4.96. The summed E-state index contributed by atoms with van der Waals surface area (Å²) >= 11 is 0. The fraction of sp³-hybridized carbons (Fsp3) is 0.462. The first-order valence-electron chi connectivity index (χ1n) is 11.4. The van der Waals surface area contributed by atoms with Crippen LogP contribution >= 0.6 is 0 Å². The van der Waals surface area contributed by atoms with Gasteiger partial charge in [0.05, 0.1) is 13.2 Å². The maximum absolute atomic E-state index is 12.2. The summed E-state index contributed by atoms with van der Waals surface area (Å²) in [6.07, 6.45) is 1.83. The molecule has 0 fully saturated rings. The lowest BCUT2D eigenvalue weighted by atomic mass is 10.1. The second kappa shape index (κ2) is 13.4. The first-order valence-corrected chi connectivity index (χ1v) is 11.4. The predicted octanol–water partition coefficient (Wildman–Crippen LogP) is 4.11. The third kappa shape index (κ3) is 8.61. The van der Waals surface area contributed by atoms with Gasteiger partial charge in [-0.1, -0.05) is 44.2 Å². The van der Waals surface area contributed by atoms with E-state index in [2.05, 4.69) is 37.5 Å². The lowest BCUT2D eigenvalue weighted by molar-refractivity contribution is 0.0827. The molecule has 2 N–H and O–H groups in total. The quantitative estimate of drug-likeness (QED) is 0.409. The van der Waals surface area contributed by atoms with Gasteiger partial charge in [0.1, 0.15) is 5.75 Å². The van der Waals surface area contributed by atoms with Crippen LogP contribution in [0.3, 0.4) is 0 Å². The smallest absolute Gasteiger partial charge is 0.253 e. The topological polar surface area (TPSA) is 66.0 Å². The van der Waals surface area contributed by atoms with Crippen molar-refractivity contribution in [2.24, 2.45) is 10.9 Å². The molecule has 6 nitrogen and oxygen atoms in total. The lowest BCUT2D eigenvalue weighted by Gasteiger charge is -2.14. The third-order valence-corrected chi connectivity index (χ3v) is 4.96. The molecule has 0 saturated heterocycles. The Morgan fingerprint density at radius 2 is 1.88 bits per heavy atom. The molecule has 2 aromatic rings. The monoisotopic (exact) mass is 438 g/mol. The first-order chi connectivity index (χ1) is 15.4. The van der Waals surface area contributed by atoms with Crippen LogP contribution in [0.5, 0.6) is 5.75 Å². The number of hydrogen-bond donors (Lipinski definition) is 2. The van der Waals surface area contributed by atoms with Crippen molar-refractivity contribution >= 4 is 11.9 Å². The van der Waals surface area contributed by atoms with E-state index < -0.39 is 0 Å². The zero-order chi connectivity index (χ0) is 23.3. The van der Waals surface area contributed by atoms with E-state index in [-0.39, 0.29) is 5.91 Å². The number of rotatable bonds is 11. The molecule has 0 aliphatic heterocycles. The Balaban J connectivity index is 1.95. The standard InChI is InChI=1S/C26H38N4O2/c1-6-27-26(28-16-14-21-10-9-12-22(18-21)25(31)30(4)5)29-19-23-11-7-8-13-24(23)32-17-15-20(2)3/h7-13,18,20H,6,14-17,19H2,1-5H3,(H2,27,28,29). The van der Waals surface area contributed by atoms with Crippen LogP contribution in [0.25, 0.3) is 0 Å². The van der Waals surface area contributed by atoms with E-state index in [9.17, 15) is 4.79 Å². The molecule has 0 aromatic heterocycles. The second-order valence-corrected chi connectivity index (χ2v) is 8.41. The van der Waals surface area contributed by atoms with E-state index in [1.807, 2.05) is 42.5 Å². The highest BCUT2D eigenvalue weighted by Crippen LogP contribution is 2.19. The number of nitrogens with zero attached hydrogens (tertiary/aromatic N) is 2. The summed E-state index contributed by atoms with van der Waals surface area (Å²) in [6, 6.07) is 15.9. The van der Waals surface area contributed by atoms with Crippen LogP contribution in [0.4, 0.5) is 0 Å². The van der Waals surface area contributed by atoms with Crippen molar-refractivity contribution in [3.8, 4) is 5.75 Å². The molecule has 0 aliphatic carbocycles. The molecule has 32 heavy (non-hydrogen) atoms. The molecule has 0 heterocycles. The zero-order valence-corrected chi connectivity index (χ0v) is 20.1. The Morgan fingerprint density at radius 3 is 2.59 bits per heavy atom. The van der Waals surface area contributed by atoms with E-state index >= 15 is 0 Å². The van der Waals surface area contributed by atoms with Crippen molar-refractivity contribution in [2.45, 2.75) is 40.2 Å². The largest absolute Gasteiger partial charge is 0.493 e. The number of nitrogens with one attached hydrogen (secondary N) is 2. The second-order valence-electron chi connectivity index (χ2n) is 8.41. The van der Waals surface area contributed by atoms with Gasteiger partial charge in [-0.2, -0.15) is 0 Å². The predicted molar refractivity (Wildman–Crippen MR) is 132 cm³/mol. The summed E-state index contributed by atoms with van der Waals surface area (Å²) in [5, 5.41) is 6.69. The van der Waals surface area contributed by atoms with Crippen molar-refractivity contribution in [1.29, 1.82) is 0 Å². The van der Waals surface area contributed by atoms with Crippen molar-refractivity contribution in [1.82, 2.24) is 15.5 Å². The summed E-state index contributed by atoms with van der Waals surface area (Å²) in [5.74, 6) is 2.30. The molecule has 0 atom stereocenters. The van der Waals surface area contributed by atoms with Crippen LogP contribution in [-0.4, -0.2) is 50.6 Å². The van der Waals surface area contributed by atoms with Gasteiger partial charge < -0.3 is 20.3 Å². The molecule has 2 rings (SSSR count). The Morgan fingerprint density at radius 1 is 1.09 bits per heavy atom. The summed E-state index contributed by atoms with van der Waals surface area (Å²) in [5.41, 5.74) is 2.90. The van der Waals surface area contributed by atoms with Gasteiger partial charge in [-0.25, -0.2) is 4.99 Å². The van der Waals surface area contributed by atoms with Crippen LogP contribution in [0, 0.1) is 5.92 Å². The molecule has 0 unspecified atom stereocenters. The van der Waals surface area contributed by atoms with Gasteiger partial charge in [-0.05, 0) is 49.4 Å². The summed E-state index contributed by atoms with van der Waals surface area (Å²) in [4.78, 5) is 18.5. The highest BCUT2D eigenvalue weighted by atomic mass is 16.5. The van der Waals surface area contributed by atoms with E-state index in [1.54, 1.807) is 19.0 Å². The zero-order valence-electron chi connectivity index (χ0n) is 20.1. The molecule has 2 aromatic carbocycles. The maximum atomic E-state index is 12.2. The van der Waals surface area contributed by atoms with Gasteiger partial charge >= 0.3 is 0 Å². The van der Waals surface area contributed by atoms with Gasteiger partial charge in [0.2, 0.25) is 0 Å². The fourth-order valence-electron chi connectivity index (χ4n) is 3.13. The molecular weight excluding hydrogens is 400 g/mol. The number of guanidine groups is 1. The number of amides is 1. The number of ether oxygens (including phenoxy) is 1. The van der Waals surface area contributed by atoms with Crippen LogP contribution < -0.4 is 15.4 Å². The van der Waals surface area contributed by atoms with Gasteiger partial charge in [0.25, 0.3) is 5.91 Å². The highest BCUT2D eigenvalue weighted by Gasteiger charge is 2.08. The molecule has 0 radical (unpaired) electrons. The molecule has 1 amide bonds.